The van der Waals surface area contributed by atoms with Gasteiger partial charge in [0.2, 0.25) is 11.5 Å². The van der Waals surface area contributed by atoms with Gasteiger partial charge in [-0.05, 0) is 18.6 Å². The van der Waals surface area contributed by atoms with Crippen LogP contribution < -0.4 is 5.32 Å². The molecule has 1 aliphatic heterocycles. The zero-order chi connectivity index (χ0) is 16.4. The molecule has 2 rings (SSSR count). The Morgan fingerprint density at radius 1 is 1.59 bits per heavy atom. The van der Waals surface area contributed by atoms with Crippen LogP contribution in [0.3, 0.4) is 0 Å². The van der Waals surface area contributed by atoms with Gasteiger partial charge in [-0.2, -0.15) is 13.2 Å². The van der Waals surface area contributed by atoms with Crippen molar-refractivity contribution in [3.05, 3.63) is 18.2 Å². The Morgan fingerprint density at radius 3 is 2.82 bits per heavy atom. The molecular formula is C13H18F3N3O2S. The van der Waals surface area contributed by atoms with Gasteiger partial charge in [0.05, 0.1) is 5.25 Å². The molecule has 1 aromatic heterocycles. The van der Waals surface area contributed by atoms with Crippen LogP contribution in [0.15, 0.2) is 12.4 Å². The van der Waals surface area contributed by atoms with Gasteiger partial charge in [-0.25, -0.2) is 4.98 Å². The van der Waals surface area contributed by atoms with Gasteiger partial charge in [0, 0.05) is 32.4 Å². The Labute approximate surface area is 130 Å². The van der Waals surface area contributed by atoms with Crippen LogP contribution in [-0.2, 0) is 17.4 Å². The van der Waals surface area contributed by atoms with Gasteiger partial charge in [-0.1, -0.05) is 0 Å². The van der Waals surface area contributed by atoms with Crippen LogP contribution in [0.4, 0.5) is 13.2 Å². The maximum Gasteiger partial charge on any atom is 0.424 e. The van der Waals surface area contributed by atoms with Gasteiger partial charge in [0.15, 0.2) is 0 Å². The Hall–Kier alpha value is -1.22. The van der Waals surface area contributed by atoms with E-state index in [9.17, 15) is 23.1 Å². The number of aromatic nitrogens is 2. The van der Waals surface area contributed by atoms with E-state index < -0.39 is 24.0 Å². The van der Waals surface area contributed by atoms with Crippen molar-refractivity contribution >= 4 is 17.7 Å². The first-order chi connectivity index (χ1) is 10.3. The molecule has 9 heteroatoms. The van der Waals surface area contributed by atoms with E-state index in [0.717, 1.165) is 23.2 Å². The number of alkyl halides is 3. The smallest absolute Gasteiger partial charge is 0.374 e. The van der Waals surface area contributed by atoms with E-state index >= 15 is 0 Å². The van der Waals surface area contributed by atoms with E-state index in [2.05, 4.69) is 10.3 Å². The van der Waals surface area contributed by atoms with Crippen LogP contribution >= 0.6 is 11.8 Å². The van der Waals surface area contributed by atoms with Crippen LogP contribution in [0, 0.1) is 0 Å². The topological polar surface area (TPSA) is 67.2 Å². The molecule has 0 radical (unpaired) electrons. The summed E-state index contributed by atoms with van der Waals surface area (Å²) >= 11 is 1.50. The molecule has 1 fully saturated rings. The number of thioether (sulfide) groups is 1. The quantitative estimate of drug-likeness (QED) is 0.856. The second-order valence-corrected chi connectivity index (χ2v) is 6.57. The summed E-state index contributed by atoms with van der Waals surface area (Å²) in [5, 5.41) is 12.4. The fourth-order valence-corrected chi connectivity index (χ4v) is 3.60. The molecule has 1 aliphatic rings. The van der Waals surface area contributed by atoms with E-state index in [1.54, 1.807) is 0 Å². The number of aliphatic hydroxyl groups is 1. The summed E-state index contributed by atoms with van der Waals surface area (Å²) in [7, 11) is 1.38. The molecule has 0 spiro atoms. The lowest BCUT2D eigenvalue weighted by molar-refractivity contribution is -0.272. The highest BCUT2D eigenvalue weighted by Crippen LogP contribution is 2.40. The number of aryl methyl sites for hydroxylation is 1. The average molecular weight is 337 g/mol. The molecule has 0 aliphatic carbocycles. The predicted octanol–water partition coefficient (Wildman–Crippen LogP) is 1.57. The van der Waals surface area contributed by atoms with E-state index in [1.165, 1.54) is 31.2 Å². The first kappa shape index (κ1) is 17.1. The molecule has 2 unspecified atom stereocenters. The summed E-state index contributed by atoms with van der Waals surface area (Å²) in [4.78, 5) is 15.4. The number of hydrogen-bond acceptors (Lipinski definition) is 4. The molecule has 5 nitrogen and oxygen atoms in total. The van der Waals surface area contributed by atoms with Crippen LogP contribution in [0.1, 0.15) is 25.1 Å². The molecule has 1 amide bonds. The third-order valence-corrected chi connectivity index (χ3v) is 5.04. The summed E-state index contributed by atoms with van der Waals surface area (Å²) in [6.07, 6.45) is -1.36. The largest absolute Gasteiger partial charge is 0.424 e. The van der Waals surface area contributed by atoms with Gasteiger partial charge >= 0.3 is 6.18 Å². The lowest BCUT2D eigenvalue weighted by atomic mass is 9.97. The monoisotopic (exact) mass is 337 g/mol. The van der Waals surface area contributed by atoms with Crippen LogP contribution in [0.2, 0.25) is 0 Å². The highest BCUT2D eigenvalue weighted by Gasteiger charge is 2.57. The number of carbonyl (C=O) groups is 1. The molecular weight excluding hydrogens is 319 g/mol. The molecule has 2 heterocycles. The van der Waals surface area contributed by atoms with Gasteiger partial charge in [0.25, 0.3) is 0 Å². The van der Waals surface area contributed by atoms with E-state index in [1.807, 2.05) is 0 Å². The first-order valence-corrected chi connectivity index (χ1v) is 7.97. The molecule has 2 N–H and O–H groups in total. The maximum atomic E-state index is 13.3. The zero-order valence-electron chi connectivity index (χ0n) is 12.1. The zero-order valence-corrected chi connectivity index (χ0v) is 12.9. The standard InChI is InChI=1S/C13H18F3N3O2S/c1-19-7-6-18-11(19)12(21,13(14,15)16)4-5-17-10(20)9-3-2-8-22-9/h6-7,9,21H,2-5,8H2,1H3,(H,17,20). The predicted molar refractivity (Wildman–Crippen MR) is 76.3 cm³/mol. The van der Waals surface area contributed by atoms with Crippen molar-refractivity contribution in [3.63, 3.8) is 0 Å². The average Bonchev–Trinajstić information content (AvgIpc) is 3.07. The van der Waals surface area contributed by atoms with Crippen molar-refractivity contribution in [3.8, 4) is 0 Å². The van der Waals surface area contributed by atoms with Gasteiger partial charge in [-0.3, -0.25) is 4.79 Å². The summed E-state index contributed by atoms with van der Waals surface area (Å²) in [6, 6.07) is 0. The summed E-state index contributed by atoms with van der Waals surface area (Å²) in [6.45, 7) is -0.265. The number of carbonyl (C=O) groups excluding carboxylic acids is 1. The Kier molecular flexibility index (Phi) is 5.06. The summed E-state index contributed by atoms with van der Waals surface area (Å²) < 4.78 is 40.9. The lowest BCUT2D eigenvalue weighted by Gasteiger charge is -2.30. The van der Waals surface area contributed by atoms with Crippen LogP contribution in [0.25, 0.3) is 0 Å². The van der Waals surface area contributed by atoms with Crippen molar-refractivity contribution in [2.75, 3.05) is 12.3 Å². The van der Waals surface area contributed by atoms with Crippen LogP contribution in [-0.4, -0.2) is 44.3 Å². The number of imidazole rings is 1. The third-order valence-electron chi connectivity index (χ3n) is 3.67. The molecule has 22 heavy (non-hydrogen) atoms. The van der Waals surface area contributed by atoms with E-state index in [4.69, 9.17) is 0 Å². The minimum absolute atomic E-state index is 0.202. The molecule has 1 saturated heterocycles. The number of nitrogens with zero attached hydrogens (tertiary/aromatic N) is 2. The number of nitrogens with one attached hydrogen (secondary N) is 1. The minimum atomic E-state index is -4.88. The number of rotatable bonds is 5. The number of hydrogen-bond donors (Lipinski definition) is 2. The second kappa shape index (κ2) is 6.49. The van der Waals surface area contributed by atoms with Gasteiger partial charge in [-0.15, -0.1) is 11.8 Å². The van der Waals surface area contributed by atoms with Crippen molar-refractivity contribution in [2.24, 2.45) is 7.05 Å². The molecule has 124 valence electrons. The van der Waals surface area contributed by atoms with Crippen molar-refractivity contribution in [1.29, 1.82) is 0 Å². The molecule has 0 aromatic carbocycles. The SMILES string of the molecule is Cn1ccnc1C(O)(CCNC(=O)C1CCCS1)C(F)(F)F. The lowest BCUT2D eigenvalue weighted by Crippen LogP contribution is -2.47. The van der Waals surface area contributed by atoms with E-state index in [0.29, 0.717) is 0 Å². The summed E-state index contributed by atoms with van der Waals surface area (Å²) in [5.74, 6) is 0.133. The van der Waals surface area contributed by atoms with Gasteiger partial charge < -0.3 is 15.0 Å². The minimum Gasteiger partial charge on any atom is -0.374 e. The van der Waals surface area contributed by atoms with Crippen LogP contribution in [0.5, 0.6) is 0 Å². The molecule has 1 aromatic rings. The highest BCUT2D eigenvalue weighted by atomic mass is 32.2. The Balaban J connectivity index is 2.02. The normalized spacial score (nSPS) is 21.6. The fourth-order valence-electron chi connectivity index (χ4n) is 2.41. The van der Waals surface area contributed by atoms with Gasteiger partial charge in [0.1, 0.15) is 5.82 Å². The molecule has 2 atom stereocenters. The summed E-state index contributed by atoms with van der Waals surface area (Å²) in [5.41, 5.74) is -3.08. The number of amides is 1. The highest BCUT2D eigenvalue weighted by molar-refractivity contribution is 8.00. The van der Waals surface area contributed by atoms with E-state index in [-0.39, 0.29) is 17.7 Å². The van der Waals surface area contributed by atoms with Crippen molar-refractivity contribution in [1.82, 2.24) is 14.9 Å². The van der Waals surface area contributed by atoms with Crippen molar-refractivity contribution < 1.29 is 23.1 Å². The Bertz CT molecular complexity index is 529. The molecule has 0 bridgehead atoms. The molecule has 0 saturated carbocycles. The third kappa shape index (κ3) is 3.40. The first-order valence-electron chi connectivity index (χ1n) is 6.92. The maximum absolute atomic E-state index is 13.3. The number of halogens is 3. The Morgan fingerprint density at radius 2 is 2.32 bits per heavy atom. The van der Waals surface area contributed by atoms with Crippen molar-refractivity contribution in [2.45, 2.75) is 36.3 Å². The fraction of sp³-hybridized carbons (Fsp3) is 0.692. The second-order valence-electron chi connectivity index (χ2n) is 5.26.